The van der Waals surface area contributed by atoms with Gasteiger partial charge in [-0.15, -0.1) is 0 Å². The number of benzene rings is 1. The zero-order valence-electron chi connectivity index (χ0n) is 15.0. The van der Waals surface area contributed by atoms with Crippen LogP contribution in [0.4, 0.5) is 31.5 Å². The van der Waals surface area contributed by atoms with E-state index in [2.05, 4.69) is 15.6 Å². The average Bonchev–Trinajstić information content (AvgIpc) is 2.99. The number of carboxylic acid groups (broad SMARTS) is 1. The van der Waals surface area contributed by atoms with Crippen molar-refractivity contribution < 1.29 is 41.0 Å². The van der Waals surface area contributed by atoms with Gasteiger partial charge in [-0.05, 0) is 19.9 Å². The van der Waals surface area contributed by atoms with Crippen LogP contribution in [0, 0.1) is 24.4 Å². The Bertz CT molecular complexity index is 886. The van der Waals surface area contributed by atoms with Gasteiger partial charge >= 0.3 is 12.1 Å². The lowest BCUT2D eigenvalue weighted by Gasteiger charge is -2.06. The number of anilines is 1. The van der Waals surface area contributed by atoms with Gasteiger partial charge in [0.05, 0.1) is 5.69 Å². The van der Waals surface area contributed by atoms with Crippen LogP contribution in [0.1, 0.15) is 27.9 Å². The molecule has 0 unspecified atom stereocenters. The molecule has 0 atom stereocenters. The number of amides is 1. The van der Waals surface area contributed by atoms with Crippen LogP contribution in [-0.2, 0) is 11.3 Å². The van der Waals surface area contributed by atoms with E-state index in [1.807, 2.05) is 6.92 Å². The number of aliphatic carboxylic acids is 1. The fourth-order valence-electron chi connectivity index (χ4n) is 1.79. The number of carbonyl (C=O) groups excluding carboxylic acids is 1. The van der Waals surface area contributed by atoms with Crippen molar-refractivity contribution in [3.8, 4) is 0 Å². The van der Waals surface area contributed by atoms with Crippen molar-refractivity contribution in [2.45, 2.75) is 26.6 Å². The third-order valence-electron chi connectivity index (χ3n) is 3.13. The number of carbonyl (C=O) groups is 2. The third-order valence-corrected chi connectivity index (χ3v) is 4.24. The van der Waals surface area contributed by atoms with Crippen LogP contribution in [0.25, 0.3) is 0 Å². The molecule has 1 amide bonds. The molecule has 0 radical (unpaired) electrons. The molecule has 0 aliphatic rings. The molecule has 29 heavy (non-hydrogen) atoms. The van der Waals surface area contributed by atoms with Crippen LogP contribution in [0.2, 0.25) is 0 Å². The summed E-state index contributed by atoms with van der Waals surface area (Å²) in [7, 11) is 0. The predicted molar refractivity (Wildman–Crippen MR) is 92.2 cm³/mol. The van der Waals surface area contributed by atoms with E-state index in [0.717, 1.165) is 12.1 Å². The molecular formula is C16H15F6N3O3S. The molecule has 0 spiro atoms. The average molecular weight is 443 g/mol. The maximum Gasteiger partial charge on any atom is 0.490 e. The molecule has 160 valence electrons. The van der Waals surface area contributed by atoms with Crippen molar-refractivity contribution in [2.75, 3.05) is 11.9 Å². The summed E-state index contributed by atoms with van der Waals surface area (Å²) in [5.74, 6) is -7.30. The number of hydrogen-bond acceptors (Lipinski definition) is 5. The van der Waals surface area contributed by atoms with E-state index in [-0.39, 0.29) is 12.1 Å². The van der Waals surface area contributed by atoms with E-state index in [1.165, 1.54) is 11.3 Å². The second-order valence-electron chi connectivity index (χ2n) is 5.28. The minimum atomic E-state index is -5.08. The third kappa shape index (κ3) is 6.93. The quantitative estimate of drug-likeness (QED) is 0.482. The Morgan fingerprint density at radius 3 is 2.28 bits per heavy atom. The summed E-state index contributed by atoms with van der Waals surface area (Å²) in [4.78, 5) is 25.5. The van der Waals surface area contributed by atoms with Gasteiger partial charge in [-0.25, -0.2) is 22.9 Å². The molecule has 0 fully saturated rings. The van der Waals surface area contributed by atoms with E-state index in [4.69, 9.17) is 9.90 Å². The summed E-state index contributed by atoms with van der Waals surface area (Å²) in [6, 6.07) is 1.92. The Kier molecular flexibility index (Phi) is 8.42. The molecule has 6 nitrogen and oxygen atoms in total. The minimum absolute atomic E-state index is 0.124. The summed E-state index contributed by atoms with van der Waals surface area (Å²) in [6.07, 6.45) is -5.08. The number of aryl methyl sites for hydroxylation is 1. The van der Waals surface area contributed by atoms with Gasteiger partial charge < -0.3 is 15.7 Å². The summed E-state index contributed by atoms with van der Waals surface area (Å²) in [6.45, 7) is 4.02. The smallest absolute Gasteiger partial charge is 0.475 e. The Balaban J connectivity index is 0.000000516. The van der Waals surface area contributed by atoms with E-state index in [1.54, 1.807) is 6.92 Å². The van der Waals surface area contributed by atoms with E-state index in [9.17, 15) is 31.1 Å². The van der Waals surface area contributed by atoms with Crippen molar-refractivity contribution in [3.63, 3.8) is 0 Å². The number of nitrogens with one attached hydrogen (secondary N) is 2. The molecule has 1 aromatic carbocycles. The Morgan fingerprint density at radius 2 is 1.76 bits per heavy atom. The lowest BCUT2D eigenvalue weighted by atomic mass is 10.2. The molecule has 0 aliphatic heterocycles. The first-order valence-corrected chi connectivity index (χ1v) is 8.62. The van der Waals surface area contributed by atoms with E-state index >= 15 is 0 Å². The lowest BCUT2D eigenvalue weighted by Crippen LogP contribution is -2.23. The van der Waals surface area contributed by atoms with Crippen molar-refractivity contribution >= 4 is 28.3 Å². The van der Waals surface area contributed by atoms with E-state index < -0.39 is 35.5 Å². The summed E-state index contributed by atoms with van der Waals surface area (Å²) in [5.41, 5.74) is 0.422. The molecule has 3 N–H and O–H groups in total. The van der Waals surface area contributed by atoms with Gasteiger partial charge in [0.25, 0.3) is 5.91 Å². The first-order valence-electron chi connectivity index (χ1n) is 7.80. The fourth-order valence-corrected chi connectivity index (χ4v) is 2.74. The molecule has 1 aromatic heterocycles. The fraction of sp³-hybridized carbons (Fsp3) is 0.312. The highest BCUT2D eigenvalue weighted by Gasteiger charge is 2.38. The second-order valence-corrected chi connectivity index (χ2v) is 6.28. The van der Waals surface area contributed by atoms with Crippen molar-refractivity contribution in [1.29, 1.82) is 0 Å². The zero-order valence-corrected chi connectivity index (χ0v) is 15.8. The second kappa shape index (κ2) is 10.1. The molecule has 2 aromatic rings. The van der Waals surface area contributed by atoms with Gasteiger partial charge in [-0.3, -0.25) is 4.79 Å². The highest BCUT2D eigenvalue weighted by atomic mass is 32.1. The SMILES string of the molecule is CCNc1nc(C)c(C(=O)NCc2ccc(F)c(F)c2F)s1.O=C(O)C(F)(F)F. The number of carboxylic acids is 1. The molecule has 13 heteroatoms. The van der Waals surface area contributed by atoms with Gasteiger partial charge in [-0.2, -0.15) is 13.2 Å². The highest BCUT2D eigenvalue weighted by molar-refractivity contribution is 7.17. The largest absolute Gasteiger partial charge is 0.490 e. The summed E-state index contributed by atoms with van der Waals surface area (Å²) < 4.78 is 71.2. The van der Waals surface area contributed by atoms with Crippen LogP contribution < -0.4 is 10.6 Å². The standard InChI is InChI=1S/C14H14F3N3OS.C2HF3O2/c1-3-18-14-20-7(2)12(22-14)13(21)19-6-8-4-5-9(15)11(17)10(8)16;3-2(4,5)1(6)7/h4-5H,3,6H2,1-2H3,(H,18,20)(H,19,21);(H,6,7). The Hall–Kier alpha value is -2.83. The number of hydrogen-bond donors (Lipinski definition) is 3. The van der Waals surface area contributed by atoms with Gasteiger partial charge in [0.1, 0.15) is 4.88 Å². The zero-order chi connectivity index (χ0) is 22.4. The summed E-state index contributed by atoms with van der Waals surface area (Å²) >= 11 is 1.18. The first kappa shape index (κ1) is 24.2. The number of rotatable bonds is 5. The monoisotopic (exact) mass is 443 g/mol. The molecule has 1 heterocycles. The van der Waals surface area contributed by atoms with Crippen LogP contribution in [0.5, 0.6) is 0 Å². The Morgan fingerprint density at radius 1 is 1.17 bits per heavy atom. The van der Waals surface area contributed by atoms with Crippen molar-refractivity contribution in [1.82, 2.24) is 10.3 Å². The molecule has 0 bridgehead atoms. The predicted octanol–water partition coefficient (Wildman–Crippen LogP) is 3.86. The lowest BCUT2D eigenvalue weighted by molar-refractivity contribution is -0.192. The van der Waals surface area contributed by atoms with Crippen LogP contribution in [0.3, 0.4) is 0 Å². The number of aromatic nitrogens is 1. The van der Waals surface area contributed by atoms with Gasteiger partial charge in [-0.1, -0.05) is 17.4 Å². The first-order chi connectivity index (χ1) is 13.4. The summed E-state index contributed by atoms with van der Waals surface area (Å²) in [5, 5.41) is 13.2. The number of alkyl halides is 3. The molecule has 0 aliphatic carbocycles. The van der Waals surface area contributed by atoms with E-state index in [0.29, 0.717) is 22.2 Å². The minimum Gasteiger partial charge on any atom is -0.475 e. The molecule has 0 saturated carbocycles. The van der Waals surface area contributed by atoms with Crippen LogP contribution in [-0.4, -0.2) is 34.7 Å². The van der Waals surface area contributed by atoms with Crippen LogP contribution >= 0.6 is 11.3 Å². The highest BCUT2D eigenvalue weighted by Crippen LogP contribution is 2.22. The topological polar surface area (TPSA) is 91.3 Å². The van der Waals surface area contributed by atoms with Crippen molar-refractivity contribution in [2.24, 2.45) is 0 Å². The van der Waals surface area contributed by atoms with Gasteiger partial charge in [0, 0.05) is 18.7 Å². The maximum atomic E-state index is 13.5. The van der Waals surface area contributed by atoms with Crippen molar-refractivity contribution in [3.05, 3.63) is 45.7 Å². The Labute approximate surface area is 164 Å². The number of thiazole rings is 1. The molecular weight excluding hydrogens is 428 g/mol. The molecule has 0 saturated heterocycles. The normalized spacial score (nSPS) is 10.8. The maximum absolute atomic E-state index is 13.5. The van der Waals surface area contributed by atoms with Gasteiger partial charge in [0.15, 0.2) is 22.6 Å². The number of nitrogens with zero attached hydrogens (tertiary/aromatic N) is 1. The van der Waals surface area contributed by atoms with Crippen LogP contribution in [0.15, 0.2) is 12.1 Å². The van der Waals surface area contributed by atoms with Gasteiger partial charge in [0.2, 0.25) is 0 Å². The number of halogens is 6. The molecule has 2 rings (SSSR count).